The summed E-state index contributed by atoms with van der Waals surface area (Å²) in [6, 6.07) is 6.67. The molecule has 0 fully saturated rings. The molecular formula is C16H12ClF3N4. The first-order valence-electron chi connectivity index (χ1n) is 6.94. The first-order chi connectivity index (χ1) is 11.4. The molecule has 0 radical (unpaired) electrons. The number of nitrogens with zero attached hydrogens (tertiary/aromatic N) is 2. The van der Waals surface area contributed by atoms with Crippen LogP contribution < -0.4 is 5.32 Å². The second-order valence-electron chi connectivity index (χ2n) is 5.03. The van der Waals surface area contributed by atoms with Crippen LogP contribution in [-0.2, 0) is 6.18 Å². The maximum Gasteiger partial charge on any atom is 0.416 e. The van der Waals surface area contributed by atoms with Crippen LogP contribution in [0.4, 0.5) is 19.0 Å². The van der Waals surface area contributed by atoms with Crippen LogP contribution >= 0.6 is 11.6 Å². The Morgan fingerprint density at radius 3 is 2.62 bits per heavy atom. The maximum atomic E-state index is 12.9. The van der Waals surface area contributed by atoms with E-state index in [1.165, 1.54) is 12.4 Å². The highest BCUT2D eigenvalue weighted by Gasteiger charge is 2.31. The number of H-pyrrole nitrogens is 1. The van der Waals surface area contributed by atoms with Gasteiger partial charge in [-0.2, -0.15) is 13.2 Å². The quantitative estimate of drug-likeness (QED) is 0.708. The van der Waals surface area contributed by atoms with E-state index in [1.54, 1.807) is 25.4 Å². The van der Waals surface area contributed by atoms with Crippen molar-refractivity contribution in [1.29, 1.82) is 0 Å². The molecule has 0 amide bonds. The number of hydrogen-bond donors (Lipinski definition) is 2. The maximum absolute atomic E-state index is 12.9. The summed E-state index contributed by atoms with van der Waals surface area (Å²) in [5.74, 6) is 0.633. The van der Waals surface area contributed by atoms with Gasteiger partial charge in [0.05, 0.1) is 17.0 Å². The van der Waals surface area contributed by atoms with Crippen molar-refractivity contribution in [3.8, 4) is 22.5 Å². The molecule has 2 N–H and O–H groups in total. The predicted molar refractivity (Wildman–Crippen MR) is 86.8 cm³/mol. The van der Waals surface area contributed by atoms with Crippen molar-refractivity contribution in [2.45, 2.75) is 6.18 Å². The number of rotatable bonds is 3. The van der Waals surface area contributed by atoms with Crippen LogP contribution in [0.1, 0.15) is 5.56 Å². The Morgan fingerprint density at radius 2 is 1.92 bits per heavy atom. The Kier molecular flexibility index (Phi) is 4.19. The Hall–Kier alpha value is -2.54. The average Bonchev–Trinajstić information content (AvgIpc) is 3.04. The van der Waals surface area contributed by atoms with Crippen LogP contribution in [0.15, 0.2) is 42.9 Å². The Morgan fingerprint density at radius 1 is 1.12 bits per heavy atom. The molecule has 0 saturated heterocycles. The van der Waals surface area contributed by atoms with Crippen molar-refractivity contribution in [2.24, 2.45) is 0 Å². The number of halogens is 4. The molecule has 0 atom stereocenters. The number of hydrogen-bond acceptors (Lipinski definition) is 3. The molecular weight excluding hydrogens is 341 g/mol. The lowest BCUT2D eigenvalue weighted by atomic mass is 10.0. The molecule has 8 heteroatoms. The van der Waals surface area contributed by atoms with E-state index in [9.17, 15) is 13.2 Å². The van der Waals surface area contributed by atoms with Crippen molar-refractivity contribution in [2.75, 3.05) is 12.4 Å². The first-order valence-corrected chi connectivity index (χ1v) is 7.32. The lowest BCUT2D eigenvalue weighted by molar-refractivity contribution is -0.137. The summed E-state index contributed by atoms with van der Waals surface area (Å²) in [5, 5.41) is 3.14. The number of nitrogens with one attached hydrogen (secondary N) is 2. The molecule has 0 spiro atoms. The summed E-state index contributed by atoms with van der Waals surface area (Å²) < 4.78 is 38.7. The highest BCUT2D eigenvalue weighted by atomic mass is 35.5. The van der Waals surface area contributed by atoms with Gasteiger partial charge in [0, 0.05) is 35.5 Å². The second kappa shape index (κ2) is 6.16. The van der Waals surface area contributed by atoms with Crippen molar-refractivity contribution in [3.05, 3.63) is 53.4 Å². The van der Waals surface area contributed by atoms with Gasteiger partial charge in [-0.05, 0) is 24.3 Å². The van der Waals surface area contributed by atoms with Crippen LogP contribution in [-0.4, -0.2) is 22.0 Å². The fourth-order valence-electron chi connectivity index (χ4n) is 2.26. The van der Waals surface area contributed by atoms with Gasteiger partial charge in [-0.25, -0.2) is 9.97 Å². The lowest BCUT2D eigenvalue weighted by Gasteiger charge is -2.09. The number of benzene rings is 1. The van der Waals surface area contributed by atoms with Crippen molar-refractivity contribution in [1.82, 2.24) is 15.0 Å². The van der Waals surface area contributed by atoms with Crippen molar-refractivity contribution >= 4 is 17.4 Å². The molecule has 124 valence electrons. The van der Waals surface area contributed by atoms with Crippen LogP contribution in [0.3, 0.4) is 0 Å². The largest absolute Gasteiger partial charge is 0.416 e. The third kappa shape index (κ3) is 3.21. The van der Waals surface area contributed by atoms with E-state index in [-0.39, 0.29) is 5.02 Å². The minimum atomic E-state index is -4.42. The minimum absolute atomic E-state index is 0.243. The van der Waals surface area contributed by atoms with Gasteiger partial charge in [0.15, 0.2) is 0 Å². The summed E-state index contributed by atoms with van der Waals surface area (Å²) in [4.78, 5) is 11.2. The van der Waals surface area contributed by atoms with Gasteiger partial charge >= 0.3 is 6.18 Å². The van der Waals surface area contributed by atoms with E-state index in [0.29, 0.717) is 28.3 Å². The molecule has 0 aliphatic heterocycles. The van der Waals surface area contributed by atoms with Gasteiger partial charge in [0.25, 0.3) is 0 Å². The summed E-state index contributed by atoms with van der Waals surface area (Å²) >= 11 is 6.07. The van der Waals surface area contributed by atoms with Crippen LogP contribution in [0, 0.1) is 0 Å². The van der Waals surface area contributed by atoms with Gasteiger partial charge in [-0.1, -0.05) is 11.6 Å². The fourth-order valence-corrected chi connectivity index (χ4v) is 2.49. The number of alkyl halides is 3. The molecule has 2 heterocycles. The Balaban J connectivity index is 2.02. The number of aromatic amines is 1. The topological polar surface area (TPSA) is 53.6 Å². The van der Waals surface area contributed by atoms with E-state index in [0.717, 1.165) is 12.1 Å². The molecule has 0 aliphatic rings. The molecule has 3 rings (SSSR count). The summed E-state index contributed by atoms with van der Waals surface area (Å²) in [6.45, 7) is 0. The van der Waals surface area contributed by atoms with E-state index in [2.05, 4.69) is 20.3 Å². The third-order valence-electron chi connectivity index (χ3n) is 3.49. The smallest absolute Gasteiger partial charge is 0.373 e. The summed E-state index contributed by atoms with van der Waals surface area (Å²) in [6.07, 6.45) is -1.43. The standard InChI is InChI=1S/C16H12ClF3N4/c1-21-15-6-14(23-8-24-15)13-4-9(7-22-13)11-5-10(16(18,19)20)2-3-12(11)17/h2-8,22H,1H3,(H,21,23,24). The van der Waals surface area contributed by atoms with Crippen LogP contribution in [0.2, 0.25) is 5.02 Å². The highest BCUT2D eigenvalue weighted by molar-refractivity contribution is 6.33. The van der Waals surface area contributed by atoms with Crippen molar-refractivity contribution in [3.63, 3.8) is 0 Å². The lowest BCUT2D eigenvalue weighted by Crippen LogP contribution is -2.04. The predicted octanol–water partition coefficient (Wildman–Crippen LogP) is 4.85. The minimum Gasteiger partial charge on any atom is -0.373 e. The van der Waals surface area contributed by atoms with Gasteiger partial charge in [-0.15, -0.1) is 0 Å². The van der Waals surface area contributed by atoms with E-state index >= 15 is 0 Å². The fraction of sp³-hybridized carbons (Fsp3) is 0.125. The Bertz CT molecular complexity index is 874. The molecule has 0 unspecified atom stereocenters. The molecule has 0 saturated carbocycles. The normalized spacial score (nSPS) is 11.5. The molecule has 4 nitrogen and oxygen atoms in total. The molecule has 1 aromatic carbocycles. The van der Waals surface area contributed by atoms with Crippen LogP contribution in [0.5, 0.6) is 0 Å². The van der Waals surface area contributed by atoms with Gasteiger partial charge in [0.2, 0.25) is 0 Å². The van der Waals surface area contributed by atoms with Gasteiger partial charge in [0.1, 0.15) is 12.1 Å². The van der Waals surface area contributed by atoms with Crippen LogP contribution in [0.25, 0.3) is 22.5 Å². The molecule has 0 aliphatic carbocycles. The van der Waals surface area contributed by atoms with E-state index in [4.69, 9.17) is 11.6 Å². The molecule has 3 aromatic rings. The van der Waals surface area contributed by atoms with Crippen molar-refractivity contribution < 1.29 is 13.2 Å². The Labute approximate surface area is 140 Å². The highest BCUT2D eigenvalue weighted by Crippen LogP contribution is 2.36. The third-order valence-corrected chi connectivity index (χ3v) is 3.82. The molecule has 2 aromatic heterocycles. The first kappa shape index (κ1) is 16.3. The SMILES string of the molecule is CNc1cc(-c2cc(-c3cc(C(F)(F)F)ccc3Cl)c[nH]2)ncn1. The molecule has 24 heavy (non-hydrogen) atoms. The second-order valence-corrected chi connectivity index (χ2v) is 5.44. The number of anilines is 1. The summed E-state index contributed by atoms with van der Waals surface area (Å²) in [5.41, 5.74) is 1.37. The average molecular weight is 353 g/mol. The monoisotopic (exact) mass is 352 g/mol. The van der Waals surface area contributed by atoms with Gasteiger partial charge in [-0.3, -0.25) is 0 Å². The zero-order valence-electron chi connectivity index (χ0n) is 12.4. The molecule has 0 bridgehead atoms. The number of aromatic nitrogens is 3. The summed E-state index contributed by atoms with van der Waals surface area (Å²) in [7, 11) is 1.73. The zero-order chi connectivity index (χ0) is 17.3. The zero-order valence-corrected chi connectivity index (χ0v) is 13.2. The van der Waals surface area contributed by atoms with E-state index in [1.807, 2.05) is 0 Å². The van der Waals surface area contributed by atoms with E-state index < -0.39 is 11.7 Å². The van der Waals surface area contributed by atoms with Gasteiger partial charge < -0.3 is 10.3 Å².